The molecular formula is C22H23N3O3. The number of azo groups is 1. The van der Waals surface area contributed by atoms with E-state index < -0.39 is 0 Å². The monoisotopic (exact) mass is 377 g/mol. The van der Waals surface area contributed by atoms with Crippen molar-refractivity contribution < 1.29 is 14.3 Å². The molecule has 2 aromatic rings. The number of benzene rings is 2. The molecule has 0 aliphatic carbocycles. The van der Waals surface area contributed by atoms with Crippen LogP contribution < -0.4 is 4.74 Å². The Morgan fingerprint density at radius 2 is 1.50 bits per heavy atom. The van der Waals surface area contributed by atoms with Gasteiger partial charge in [0.15, 0.2) is 0 Å². The lowest BCUT2D eigenvalue weighted by Gasteiger charge is -2.06. The predicted octanol–water partition coefficient (Wildman–Crippen LogP) is 5.64. The molecule has 0 aliphatic heterocycles. The number of carbonyl (C=O) groups is 1. The SMILES string of the molecule is C=CC(=O)OCCCCCCOc1ccc(N=Nc2ccc(C#N)cc2)cc1. The molecule has 0 bridgehead atoms. The summed E-state index contributed by atoms with van der Waals surface area (Å²) in [5.41, 5.74) is 2.01. The van der Waals surface area contributed by atoms with E-state index in [2.05, 4.69) is 22.9 Å². The van der Waals surface area contributed by atoms with Gasteiger partial charge in [-0.2, -0.15) is 15.5 Å². The number of hydrogen-bond acceptors (Lipinski definition) is 6. The quantitative estimate of drug-likeness (QED) is 0.219. The van der Waals surface area contributed by atoms with E-state index in [9.17, 15) is 4.79 Å². The van der Waals surface area contributed by atoms with Crippen LogP contribution in [0.5, 0.6) is 5.75 Å². The zero-order chi connectivity index (χ0) is 20.0. The molecule has 0 amide bonds. The average Bonchev–Trinajstić information content (AvgIpc) is 2.75. The van der Waals surface area contributed by atoms with Crippen molar-refractivity contribution >= 4 is 17.3 Å². The van der Waals surface area contributed by atoms with Gasteiger partial charge in [0.1, 0.15) is 5.75 Å². The number of carbonyl (C=O) groups excluding carboxylic acids is 1. The van der Waals surface area contributed by atoms with Gasteiger partial charge in [0.25, 0.3) is 0 Å². The molecule has 0 unspecified atom stereocenters. The Kier molecular flexibility index (Phi) is 8.95. The summed E-state index contributed by atoms with van der Waals surface area (Å²) in [7, 11) is 0. The van der Waals surface area contributed by atoms with Crippen molar-refractivity contribution in [2.24, 2.45) is 10.2 Å². The highest BCUT2D eigenvalue weighted by atomic mass is 16.5. The van der Waals surface area contributed by atoms with Crippen LogP contribution in [-0.4, -0.2) is 19.2 Å². The Balaban J connectivity index is 1.64. The maximum absolute atomic E-state index is 10.9. The summed E-state index contributed by atoms with van der Waals surface area (Å²) in [6.07, 6.45) is 4.96. The summed E-state index contributed by atoms with van der Waals surface area (Å²) in [6, 6.07) is 16.4. The van der Waals surface area contributed by atoms with Crippen LogP contribution >= 0.6 is 0 Å². The number of nitriles is 1. The molecule has 0 saturated carbocycles. The number of hydrogen-bond donors (Lipinski definition) is 0. The van der Waals surface area contributed by atoms with Gasteiger partial charge in [0.2, 0.25) is 0 Å². The Bertz CT molecular complexity index is 822. The normalized spacial score (nSPS) is 10.4. The topological polar surface area (TPSA) is 84.0 Å². The van der Waals surface area contributed by atoms with E-state index >= 15 is 0 Å². The largest absolute Gasteiger partial charge is 0.494 e. The summed E-state index contributed by atoms with van der Waals surface area (Å²) in [5, 5.41) is 17.1. The molecule has 6 nitrogen and oxygen atoms in total. The lowest BCUT2D eigenvalue weighted by molar-refractivity contribution is -0.137. The first kappa shape index (κ1) is 20.8. The molecule has 2 aromatic carbocycles. The van der Waals surface area contributed by atoms with E-state index in [1.807, 2.05) is 24.3 Å². The lowest BCUT2D eigenvalue weighted by atomic mass is 10.2. The van der Waals surface area contributed by atoms with Crippen molar-refractivity contribution in [1.82, 2.24) is 0 Å². The first-order valence-corrected chi connectivity index (χ1v) is 9.15. The second-order valence-corrected chi connectivity index (χ2v) is 5.99. The lowest BCUT2D eigenvalue weighted by Crippen LogP contribution is -2.02. The first-order chi connectivity index (χ1) is 13.7. The summed E-state index contributed by atoms with van der Waals surface area (Å²) in [6.45, 7) is 4.42. The number of unbranched alkanes of at least 4 members (excludes halogenated alkanes) is 3. The minimum absolute atomic E-state index is 0.372. The van der Waals surface area contributed by atoms with Crippen LogP contribution in [0.1, 0.15) is 31.2 Å². The Hall–Kier alpha value is -3.46. The number of rotatable bonds is 11. The molecule has 28 heavy (non-hydrogen) atoms. The fourth-order valence-corrected chi connectivity index (χ4v) is 2.31. The Morgan fingerprint density at radius 1 is 0.929 bits per heavy atom. The molecule has 0 atom stereocenters. The van der Waals surface area contributed by atoms with Gasteiger partial charge in [-0.25, -0.2) is 4.79 Å². The van der Waals surface area contributed by atoms with E-state index in [0.29, 0.717) is 24.5 Å². The smallest absolute Gasteiger partial charge is 0.330 e. The first-order valence-electron chi connectivity index (χ1n) is 9.15. The molecule has 2 rings (SSSR count). The molecule has 144 valence electrons. The van der Waals surface area contributed by atoms with Crippen LogP contribution in [0.4, 0.5) is 11.4 Å². The highest BCUT2D eigenvalue weighted by Gasteiger charge is 1.98. The molecule has 0 aliphatic rings. The summed E-state index contributed by atoms with van der Waals surface area (Å²) < 4.78 is 10.6. The van der Waals surface area contributed by atoms with Gasteiger partial charge in [0, 0.05) is 6.08 Å². The van der Waals surface area contributed by atoms with Crippen molar-refractivity contribution in [2.75, 3.05) is 13.2 Å². The fraction of sp³-hybridized carbons (Fsp3) is 0.273. The van der Waals surface area contributed by atoms with E-state index in [-0.39, 0.29) is 5.97 Å². The zero-order valence-electron chi connectivity index (χ0n) is 15.7. The van der Waals surface area contributed by atoms with Crippen LogP contribution in [0.3, 0.4) is 0 Å². The molecule has 0 N–H and O–H groups in total. The number of esters is 1. The highest BCUT2D eigenvalue weighted by molar-refractivity contribution is 5.81. The van der Waals surface area contributed by atoms with Crippen LogP contribution in [0.2, 0.25) is 0 Å². The molecule has 0 saturated heterocycles. The molecule has 0 spiro atoms. The van der Waals surface area contributed by atoms with Gasteiger partial charge in [-0.1, -0.05) is 6.58 Å². The van der Waals surface area contributed by atoms with Crippen LogP contribution in [0.15, 0.2) is 71.4 Å². The third kappa shape index (κ3) is 7.83. The van der Waals surface area contributed by atoms with Crippen molar-refractivity contribution in [3.63, 3.8) is 0 Å². The second kappa shape index (κ2) is 12.0. The second-order valence-electron chi connectivity index (χ2n) is 5.99. The summed E-state index contributed by atoms with van der Waals surface area (Å²) in [5.74, 6) is 0.417. The van der Waals surface area contributed by atoms with Crippen LogP contribution in [0.25, 0.3) is 0 Å². The number of ether oxygens (including phenoxy) is 2. The van der Waals surface area contributed by atoms with Gasteiger partial charge in [-0.05, 0) is 74.2 Å². The van der Waals surface area contributed by atoms with Crippen molar-refractivity contribution in [2.45, 2.75) is 25.7 Å². The Morgan fingerprint density at radius 3 is 2.07 bits per heavy atom. The van der Waals surface area contributed by atoms with Gasteiger partial charge in [-0.3, -0.25) is 0 Å². The summed E-state index contributed by atoms with van der Waals surface area (Å²) >= 11 is 0. The van der Waals surface area contributed by atoms with Gasteiger partial charge >= 0.3 is 5.97 Å². The van der Waals surface area contributed by atoms with Crippen LogP contribution in [0, 0.1) is 11.3 Å². The molecule has 0 heterocycles. The Labute approximate surface area is 165 Å². The van der Waals surface area contributed by atoms with Gasteiger partial charge < -0.3 is 9.47 Å². The maximum atomic E-state index is 10.9. The zero-order valence-corrected chi connectivity index (χ0v) is 15.7. The third-order valence-electron chi connectivity index (χ3n) is 3.83. The average molecular weight is 377 g/mol. The van der Waals surface area contributed by atoms with Gasteiger partial charge in [-0.15, -0.1) is 0 Å². The minimum atomic E-state index is -0.372. The molecule has 0 radical (unpaired) electrons. The van der Waals surface area contributed by atoms with E-state index in [4.69, 9.17) is 14.7 Å². The van der Waals surface area contributed by atoms with Crippen molar-refractivity contribution in [1.29, 1.82) is 5.26 Å². The number of nitrogens with zero attached hydrogens (tertiary/aromatic N) is 3. The predicted molar refractivity (Wildman–Crippen MR) is 107 cm³/mol. The maximum Gasteiger partial charge on any atom is 0.330 e. The molecular weight excluding hydrogens is 354 g/mol. The fourth-order valence-electron chi connectivity index (χ4n) is 2.31. The van der Waals surface area contributed by atoms with E-state index in [1.165, 1.54) is 6.08 Å². The summed E-state index contributed by atoms with van der Waals surface area (Å²) in [4.78, 5) is 10.9. The third-order valence-corrected chi connectivity index (χ3v) is 3.83. The van der Waals surface area contributed by atoms with E-state index in [0.717, 1.165) is 37.1 Å². The van der Waals surface area contributed by atoms with E-state index in [1.54, 1.807) is 24.3 Å². The van der Waals surface area contributed by atoms with Gasteiger partial charge in [0.05, 0.1) is 36.2 Å². The van der Waals surface area contributed by atoms with Crippen LogP contribution in [-0.2, 0) is 9.53 Å². The highest BCUT2D eigenvalue weighted by Crippen LogP contribution is 2.21. The van der Waals surface area contributed by atoms with Crippen molar-refractivity contribution in [3.05, 3.63) is 66.7 Å². The molecule has 6 heteroatoms. The standard InChI is InChI=1S/C22H23N3O3/c1-2-22(26)28-16-6-4-3-5-15-27-21-13-11-20(12-14-21)25-24-19-9-7-18(17-23)8-10-19/h2,7-14H,1,3-6,15-16H2. The molecule has 0 fully saturated rings. The molecule has 0 aromatic heterocycles. The minimum Gasteiger partial charge on any atom is -0.494 e. The van der Waals surface area contributed by atoms with Crippen molar-refractivity contribution in [3.8, 4) is 11.8 Å².